The Morgan fingerprint density at radius 1 is 1.04 bits per heavy atom. The molecule has 2 N–H and O–H groups in total. The highest BCUT2D eigenvalue weighted by Gasteiger charge is 2.15. The summed E-state index contributed by atoms with van der Waals surface area (Å²) in [5, 5.41) is 8.72. The first-order valence-electron chi connectivity index (χ1n) is 7.52. The van der Waals surface area contributed by atoms with E-state index < -0.39 is 0 Å². The fourth-order valence-electron chi connectivity index (χ4n) is 2.33. The second-order valence-corrected chi connectivity index (χ2v) is 6.41. The molecule has 3 aromatic rings. The van der Waals surface area contributed by atoms with Gasteiger partial charge < -0.3 is 10.2 Å². The van der Waals surface area contributed by atoms with Gasteiger partial charge in [0.05, 0.1) is 6.04 Å². The molecule has 0 aliphatic heterocycles. The summed E-state index contributed by atoms with van der Waals surface area (Å²) in [5.41, 5.74) is 9.81. The maximum atomic E-state index is 6.16. The van der Waals surface area contributed by atoms with Crippen LogP contribution in [0, 0.1) is 6.92 Å². The van der Waals surface area contributed by atoms with Gasteiger partial charge in [0.15, 0.2) is 0 Å². The molecule has 118 valence electrons. The highest BCUT2D eigenvalue weighted by atomic mass is 32.2. The van der Waals surface area contributed by atoms with Crippen molar-refractivity contribution in [2.45, 2.75) is 30.4 Å². The van der Waals surface area contributed by atoms with Crippen LogP contribution in [0.4, 0.5) is 0 Å². The molecule has 0 radical (unpaired) electrons. The molecule has 0 aliphatic carbocycles. The van der Waals surface area contributed by atoms with Crippen LogP contribution in [0.2, 0.25) is 0 Å². The second kappa shape index (κ2) is 7.44. The minimum Gasteiger partial charge on any atom is -0.414 e. The molecule has 0 amide bonds. The predicted molar refractivity (Wildman–Crippen MR) is 92.1 cm³/mol. The Bertz CT molecular complexity index is 758. The van der Waals surface area contributed by atoms with E-state index in [1.807, 2.05) is 30.3 Å². The Hall–Kier alpha value is -2.11. The lowest BCUT2D eigenvalue weighted by Crippen LogP contribution is -2.13. The van der Waals surface area contributed by atoms with Crippen LogP contribution in [0.1, 0.15) is 28.6 Å². The van der Waals surface area contributed by atoms with Crippen molar-refractivity contribution in [2.24, 2.45) is 5.73 Å². The first kappa shape index (κ1) is 15.8. The highest BCUT2D eigenvalue weighted by Crippen LogP contribution is 2.24. The minimum absolute atomic E-state index is 0.279. The van der Waals surface area contributed by atoms with Gasteiger partial charge in [-0.05, 0) is 24.5 Å². The van der Waals surface area contributed by atoms with Gasteiger partial charge in [-0.15, -0.1) is 10.2 Å². The van der Waals surface area contributed by atoms with E-state index in [-0.39, 0.29) is 6.04 Å². The van der Waals surface area contributed by atoms with Gasteiger partial charge in [-0.25, -0.2) is 0 Å². The monoisotopic (exact) mass is 325 g/mol. The number of benzene rings is 2. The fraction of sp³-hybridized carbons (Fsp3) is 0.222. The van der Waals surface area contributed by atoms with Gasteiger partial charge in [0.1, 0.15) is 0 Å². The summed E-state index contributed by atoms with van der Waals surface area (Å²) in [6.45, 7) is 2.08. The summed E-state index contributed by atoms with van der Waals surface area (Å²) in [4.78, 5) is 0. The van der Waals surface area contributed by atoms with Gasteiger partial charge in [0.2, 0.25) is 5.89 Å². The predicted octanol–water partition coefficient (Wildman–Crippen LogP) is 3.91. The summed E-state index contributed by atoms with van der Waals surface area (Å²) < 4.78 is 5.69. The Kier molecular flexibility index (Phi) is 5.10. The Morgan fingerprint density at radius 2 is 1.83 bits per heavy atom. The molecule has 5 heteroatoms. The average molecular weight is 325 g/mol. The topological polar surface area (TPSA) is 64.9 Å². The molecule has 1 atom stereocenters. The molecule has 1 aromatic heterocycles. The van der Waals surface area contributed by atoms with E-state index in [9.17, 15) is 0 Å². The Balaban J connectivity index is 1.59. The van der Waals surface area contributed by atoms with E-state index >= 15 is 0 Å². The molecule has 1 heterocycles. The normalized spacial score (nSPS) is 12.3. The number of nitrogens with two attached hydrogens (primary N) is 1. The summed E-state index contributed by atoms with van der Waals surface area (Å²) >= 11 is 1.53. The van der Waals surface area contributed by atoms with Crippen molar-refractivity contribution in [3.05, 3.63) is 77.2 Å². The second-order valence-electron chi connectivity index (χ2n) is 5.48. The highest BCUT2D eigenvalue weighted by molar-refractivity contribution is 7.98. The van der Waals surface area contributed by atoms with Crippen LogP contribution in [0.3, 0.4) is 0 Å². The van der Waals surface area contributed by atoms with Crippen LogP contribution in [0.5, 0.6) is 0 Å². The zero-order chi connectivity index (χ0) is 16.1. The minimum atomic E-state index is -0.279. The van der Waals surface area contributed by atoms with Crippen LogP contribution in [0.15, 0.2) is 64.2 Å². The lowest BCUT2D eigenvalue weighted by Gasteiger charge is -2.06. The maximum absolute atomic E-state index is 6.16. The lowest BCUT2D eigenvalue weighted by atomic mass is 10.1. The van der Waals surface area contributed by atoms with Crippen molar-refractivity contribution < 1.29 is 4.42 Å². The molecular formula is C18H19N3OS. The van der Waals surface area contributed by atoms with Crippen LogP contribution >= 0.6 is 11.8 Å². The van der Waals surface area contributed by atoms with Gasteiger partial charge in [-0.1, -0.05) is 71.9 Å². The van der Waals surface area contributed by atoms with Gasteiger partial charge in [0, 0.05) is 5.75 Å². The standard InChI is InChI=1S/C18H19N3OS/c1-13-6-5-9-15(10-13)12-23-18-21-20-17(22-18)16(19)11-14-7-3-2-4-8-14/h2-10,16H,11-12,19H2,1H3. The number of aromatic nitrogens is 2. The first-order chi connectivity index (χ1) is 11.2. The third-order valence-electron chi connectivity index (χ3n) is 3.48. The van der Waals surface area contributed by atoms with Crippen molar-refractivity contribution in [3.63, 3.8) is 0 Å². The molecule has 0 spiro atoms. The molecule has 3 rings (SSSR count). The SMILES string of the molecule is Cc1cccc(CSc2nnc(C(N)Cc3ccccc3)o2)c1. The van der Waals surface area contributed by atoms with Gasteiger partial charge in [-0.2, -0.15) is 0 Å². The molecule has 4 nitrogen and oxygen atoms in total. The van der Waals surface area contributed by atoms with Crippen LogP contribution < -0.4 is 5.73 Å². The molecule has 2 aromatic carbocycles. The molecular weight excluding hydrogens is 306 g/mol. The van der Waals surface area contributed by atoms with Crippen molar-refractivity contribution in [1.29, 1.82) is 0 Å². The molecule has 0 bridgehead atoms. The van der Waals surface area contributed by atoms with Crippen molar-refractivity contribution >= 4 is 11.8 Å². The summed E-state index contributed by atoms with van der Waals surface area (Å²) in [5.74, 6) is 1.29. The van der Waals surface area contributed by atoms with Gasteiger partial charge in [0.25, 0.3) is 5.22 Å². The zero-order valence-corrected chi connectivity index (χ0v) is 13.8. The fourth-order valence-corrected chi connectivity index (χ4v) is 3.04. The third-order valence-corrected chi connectivity index (χ3v) is 4.37. The first-order valence-corrected chi connectivity index (χ1v) is 8.50. The number of hydrogen-bond donors (Lipinski definition) is 1. The molecule has 1 unspecified atom stereocenters. The van der Waals surface area contributed by atoms with E-state index in [2.05, 4.69) is 41.4 Å². The zero-order valence-electron chi connectivity index (χ0n) is 13.0. The van der Waals surface area contributed by atoms with Gasteiger partial charge >= 0.3 is 0 Å². The van der Waals surface area contributed by atoms with Crippen LogP contribution in [0.25, 0.3) is 0 Å². The Labute approximate surface area is 140 Å². The number of thioether (sulfide) groups is 1. The maximum Gasteiger partial charge on any atom is 0.276 e. The Morgan fingerprint density at radius 3 is 2.61 bits per heavy atom. The smallest absolute Gasteiger partial charge is 0.276 e. The van der Waals surface area contributed by atoms with Crippen molar-refractivity contribution in [2.75, 3.05) is 0 Å². The van der Waals surface area contributed by atoms with E-state index in [1.165, 1.54) is 22.9 Å². The van der Waals surface area contributed by atoms with Crippen LogP contribution in [-0.4, -0.2) is 10.2 Å². The van der Waals surface area contributed by atoms with E-state index in [0.717, 1.165) is 11.3 Å². The van der Waals surface area contributed by atoms with E-state index in [1.54, 1.807) is 0 Å². The quantitative estimate of drug-likeness (QED) is 0.696. The summed E-state index contributed by atoms with van der Waals surface area (Å²) in [6, 6.07) is 18.2. The van der Waals surface area contributed by atoms with E-state index in [0.29, 0.717) is 17.5 Å². The third kappa shape index (κ3) is 4.43. The number of nitrogens with zero attached hydrogens (tertiary/aromatic N) is 2. The van der Waals surface area contributed by atoms with Crippen molar-refractivity contribution in [1.82, 2.24) is 10.2 Å². The van der Waals surface area contributed by atoms with Gasteiger partial charge in [-0.3, -0.25) is 0 Å². The molecule has 0 aliphatic rings. The van der Waals surface area contributed by atoms with E-state index in [4.69, 9.17) is 10.2 Å². The van der Waals surface area contributed by atoms with Crippen LogP contribution in [-0.2, 0) is 12.2 Å². The molecule has 0 saturated carbocycles. The summed E-state index contributed by atoms with van der Waals surface area (Å²) in [7, 11) is 0. The number of hydrogen-bond acceptors (Lipinski definition) is 5. The number of aryl methyl sites for hydroxylation is 1. The molecule has 0 fully saturated rings. The molecule has 0 saturated heterocycles. The van der Waals surface area contributed by atoms with Crippen molar-refractivity contribution in [3.8, 4) is 0 Å². The number of rotatable bonds is 6. The summed E-state index contributed by atoms with van der Waals surface area (Å²) in [6.07, 6.45) is 0.686. The average Bonchev–Trinajstić information content (AvgIpc) is 3.03. The largest absolute Gasteiger partial charge is 0.414 e. The molecule has 23 heavy (non-hydrogen) atoms. The lowest BCUT2D eigenvalue weighted by molar-refractivity contribution is 0.385.